The second kappa shape index (κ2) is 3.18. The van der Waals surface area contributed by atoms with Crippen molar-refractivity contribution in [1.82, 2.24) is 0 Å². The first-order valence-corrected chi connectivity index (χ1v) is 6.53. The van der Waals surface area contributed by atoms with Crippen molar-refractivity contribution in [2.24, 2.45) is 11.1 Å². The summed E-state index contributed by atoms with van der Waals surface area (Å²) in [5.74, 6) is 0.0636. The quantitative estimate of drug-likeness (QED) is 0.683. The van der Waals surface area contributed by atoms with E-state index in [4.69, 9.17) is 5.73 Å². The molecule has 14 heavy (non-hydrogen) atoms. The summed E-state index contributed by atoms with van der Waals surface area (Å²) in [6.45, 7) is 5.47. The van der Waals surface area contributed by atoms with Crippen LogP contribution in [0.5, 0.6) is 0 Å². The Hall–Kier alpha value is -0.130. The molecule has 0 amide bonds. The fraction of sp³-hybridized carbons (Fsp3) is 1.00. The first-order valence-electron chi connectivity index (χ1n) is 4.81. The second-order valence-corrected chi connectivity index (χ2v) is 7.21. The number of rotatable bonds is 2. The Kier molecular flexibility index (Phi) is 2.71. The Morgan fingerprint density at radius 1 is 1.57 bits per heavy atom. The molecule has 0 bridgehead atoms. The van der Waals surface area contributed by atoms with Crippen LogP contribution in [0.15, 0.2) is 0 Å². The summed E-state index contributed by atoms with van der Waals surface area (Å²) in [6, 6.07) is 0. The zero-order valence-electron chi connectivity index (χ0n) is 8.95. The van der Waals surface area contributed by atoms with Gasteiger partial charge in [0.1, 0.15) is 0 Å². The third-order valence-corrected chi connectivity index (χ3v) is 5.90. The van der Waals surface area contributed by atoms with Crippen LogP contribution in [0.2, 0.25) is 0 Å². The summed E-state index contributed by atoms with van der Waals surface area (Å²) in [7, 11) is -3.13. The van der Waals surface area contributed by atoms with E-state index in [1.54, 1.807) is 6.92 Å². The van der Waals surface area contributed by atoms with Crippen LogP contribution in [0.1, 0.15) is 27.2 Å². The van der Waals surface area contributed by atoms with Gasteiger partial charge in [-0.05, 0) is 13.3 Å². The molecule has 5 heteroatoms. The molecule has 0 saturated carbocycles. The number of hydrogen-bond donors (Lipinski definition) is 2. The number of sulfone groups is 1. The van der Waals surface area contributed by atoms with Gasteiger partial charge in [-0.25, -0.2) is 8.42 Å². The molecule has 4 nitrogen and oxygen atoms in total. The molecule has 1 saturated heterocycles. The van der Waals surface area contributed by atoms with E-state index < -0.39 is 26.1 Å². The summed E-state index contributed by atoms with van der Waals surface area (Å²) >= 11 is 0. The lowest BCUT2D eigenvalue weighted by atomic mass is 9.71. The van der Waals surface area contributed by atoms with Gasteiger partial charge in [0, 0.05) is 12.0 Å². The van der Waals surface area contributed by atoms with Crippen LogP contribution >= 0.6 is 0 Å². The van der Waals surface area contributed by atoms with E-state index in [2.05, 4.69) is 0 Å². The topological polar surface area (TPSA) is 80.4 Å². The maximum Gasteiger partial charge on any atom is 0.155 e. The molecule has 0 spiro atoms. The second-order valence-electron chi connectivity index (χ2n) is 4.77. The summed E-state index contributed by atoms with van der Waals surface area (Å²) in [4.78, 5) is 0. The molecule has 0 aromatic rings. The van der Waals surface area contributed by atoms with Gasteiger partial charge in [0.2, 0.25) is 0 Å². The highest BCUT2D eigenvalue weighted by molar-refractivity contribution is 7.92. The van der Waals surface area contributed by atoms with Crippen LogP contribution in [0.25, 0.3) is 0 Å². The maximum atomic E-state index is 11.5. The van der Waals surface area contributed by atoms with E-state index >= 15 is 0 Å². The van der Waals surface area contributed by atoms with Crippen molar-refractivity contribution < 1.29 is 13.5 Å². The molecule has 1 rings (SSSR count). The fourth-order valence-electron chi connectivity index (χ4n) is 2.04. The van der Waals surface area contributed by atoms with Gasteiger partial charge in [-0.1, -0.05) is 13.8 Å². The molecule has 0 radical (unpaired) electrons. The normalized spacial score (nSPS) is 37.4. The van der Waals surface area contributed by atoms with Crippen molar-refractivity contribution in [1.29, 1.82) is 0 Å². The third-order valence-electron chi connectivity index (χ3n) is 3.66. The third kappa shape index (κ3) is 1.47. The van der Waals surface area contributed by atoms with Gasteiger partial charge in [-0.3, -0.25) is 0 Å². The minimum atomic E-state index is -3.13. The molecule has 0 aromatic heterocycles. The van der Waals surface area contributed by atoms with Crippen LogP contribution in [-0.4, -0.2) is 36.7 Å². The van der Waals surface area contributed by atoms with Crippen molar-refractivity contribution in [3.05, 3.63) is 0 Å². The number of hydrogen-bond acceptors (Lipinski definition) is 4. The first-order chi connectivity index (χ1) is 6.17. The first kappa shape index (κ1) is 11.9. The summed E-state index contributed by atoms with van der Waals surface area (Å²) in [5.41, 5.74) is 3.83. The Morgan fingerprint density at radius 3 is 2.36 bits per heavy atom. The minimum Gasteiger partial charge on any atom is -0.388 e. The fourth-order valence-corrected chi connectivity index (χ4v) is 4.02. The molecule has 1 fully saturated rings. The molecule has 1 aliphatic heterocycles. The smallest absolute Gasteiger partial charge is 0.155 e. The summed E-state index contributed by atoms with van der Waals surface area (Å²) < 4.78 is 23.1. The van der Waals surface area contributed by atoms with Crippen LogP contribution in [0.3, 0.4) is 0 Å². The monoisotopic (exact) mass is 221 g/mol. The van der Waals surface area contributed by atoms with Gasteiger partial charge in [-0.15, -0.1) is 0 Å². The molecular formula is C9H19NO3S. The molecule has 84 valence electrons. The Labute approximate surface area is 85.4 Å². The SMILES string of the molecule is CC1C(O)(C(C)(C)CN)CCS1(=O)=O. The Bertz CT molecular complexity index is 323. The minimum absolute atomic E-state index is 0.0636. The molecule has 0 aromatic carbocycles. The lowest BCUT2D eigenvalue weighted by molar-refractivity contribution is -0.0576. The van der Waals surface area contributed by atoms with Crippen molar-refractivity contribution in [3.8, 4) is 0 Å². The lowest BCUT2D eigenvalue weighted by Crippen LogP contribution is -2.54. The molecule has 1 heterocycles. The van der Waals surface area contributed by atoms with Crippen molar-refractivity contribution in [2.75, 3.05) is 12.3 Å². The largest absolute Gasteiger partial charge is 0.388 e. The van der Waals surface area contributed by atoms with E-state index in [0.29, 0.717) is 6.42 Å². The predicted octanol–water partition coefficient (Wildman–Crippen LogP) is -0.0906. The van der Waals surface area contributed by atoms with E-state index in [0.717, 1.165) is 0 Å². The average molecular weight is 221 g/mol. The van der Waals surface area contributed by atoms with Crippen LogP contribution < -0.4 is 5.73 Å². The summed E-state index contributed by atoms with van der Waals surface area (Å²) in [6.07, 6.45) is 0.292. The molecular weight excluding hydrogens is 202 g/mol. The Balaban J connectivity index is 3.11. The molecule has 0 aliphatic carbocycles. The highest BCUT2D eigenvalue weighted by Crippen LogP contribution is 2.43. The van der Waals surface area contributed by atoms with Crippen molar-refractivity contribution in [3.63, 3.8) is 0 Å². The molecule has 2 atom stereocenters. The number of aliphatic hydroxyl groups is 1. The van der Waals surface area contributed by atoms with Crippen LogP contribution in [0.4, 0.5) is 0 Å². The van der Waals surface area contributed by atoms with Gasteiger partial charge in [-0.2, -0.15) is 0 Å². The van der Waals surface area contributed by atoms with E-state index in [1.165, 1.54) is 0 Å². The highest BCUT2D eigenvalue weighted by atomic mass is 32.2. The zero-order valence-corrected chi connectivity index (χ0v) is 9.76. The van der Waals surface area contributed by atoms with Gasteiger partial charge in [0.25, 0.3) is 0 Å². The molecule has 3 N–H and O–H groups in total. The maximum absolute atomic E-state index is 11.5. The van der Waals surface area contributed by atoms with Crippen LogP contribution in [0, 0.1) is 5.41 Å². The van der Waals surface area contributed by atoms with Gasteiger partial charge < -0.3 is 10.8 Å². The predicted molar refractivity (Wildman–Crippen MR) is 55.7 cm³/mol. The van der Waals surface area contributed by atoms with Crippen molar-refractivity contribution >= 4 is 9.84 Å². The van der Waals surface area contributed by atoms with Gasteiger partial charge >= 0.3 is 0 Å². The lowest BCUT2D eigenvalue weighted by Gasteiger charge is -2.41. The van der Waals surface area contributed by atoms with E-state index in [-0.39, 0.29) is 12.3 Å². The van der Waals surface area contributed by atoms with E-state index in [9.17, 15) is 13.5 Å². The summed E-state index contributed by atoms with van der Waals surface area (Å²) in [5, 5.41) is 9.65. The van der Waals surface area contributed by atoms with Gasteiger partial charge in [0.15, 0.2) is 9.84 Å². The van der Waals surface area contributed by atoms with E-state index in [1.807, 2.05) is 13.8 Å². The zero-order chi connectivity index (χ0) is 11.2. The van der Waals surface area contributed by atoms with Crippen molar-refractivity contribution in [2.45, 2.75) is 38.0 Å². The molecule has 1 aliphatic rings. The van der Waals surface area contributed by atoms with Gasteiger partial charge in [0.05, 0.1) is 16.6 Å². The number of nitrogens with two attached hydrogens (primary N) is 1. The standard InChI is InChI=1S/C9H19NO3S/c1-7-9(11,8(2,3)6-10)4-5-14(7,12)13/h7,11H,4-6,10H2,1-3H3. The van der Waals surface area contributed by atoms with Crippen LogP contribution in [-0.2, 0) is 9.84 Å². The molecule has 2 unspecified atom stereocenters. The highest BCUT2D eigenvalue weighted by Gasteiger charge is 2.56. The average Bonchev–Trinajstić information content (AvgIpc) is 2.31. The Morgan fingerprint density at radius 2 is 2.07 bits per heavy atom.